The lowest BCUT2D eigenvalue weighted by Crippen LogP contribution is -2.29. The predicted molar refractivity (Wildman–Crippen MR) is 202 cm³/mol. The monoisotopic (exact) mass is 710 g/mol. The quantitative estimate of drug-likeness (QED) is 0.0289. The molecule has 0 radical (unpaired) electrons. The van der Waals surface area contributed by atoms with Crippen molar-refractivity contribution in [1.29, 1.82) is 0 Å². The van der Waals surface area contributed by atoms with Gasteiger partial charge in [-0.3, -0.25) is 14.1 Å². The number of rotatable bonds is 35. The van der Waals surface area contributed by atoms with E-state index in [-0.39, 0.29) is 19.4 Å². The van der Waals surface area contributed by atoms with E-state index in [2.05, 4.69) is 67.0 Å². The molecule has 2 N–H and O–H groups in total. The van der Waals surface area contributed by atoms with Crippen LogP contribution in [0.25, 0.3) is 0 Å². The highest BCUT2D eigenvalue weighted by molar-refractivity contribution is 7.46. The molecule has 0 aliphatic heterocycles. The Hall–Kier alpha value is -1.99. The molecule has 0 saturated heterocycles. The molecule has 0 rings (SSSR count). The summed E-state index contributed by atoms with van der Waals surface area (Å²) in [4.78, 5) is 42.7. The van der Waals surface area contributed by atoms with Gasteiger partial charge in [0.2, 0.25) is 0 Å². The van der Waals surface area contributed by atoms with E-state index in [0.29, 0.717) is 12.8 Å². The van der Waals surface area contributed by atoms with Crippen molar-refractivity contribution >= 4 is 19.8 Å². The van der Waals surface area contributed by atoms with E-state index in [4.69, 9.17) is 19.3 Å². The van der Waals surface area contributed by atoms with Crippen LogP contribution in [0.2, 0.25) is 0 Å². The molecule has 0 amide bonds. The van der Waals surface area contributed by atoms with Crippen molar-refractivity contribution in [2.45, 2.75) is 180 Å². The Morgan fingerprint density at radius 3 is 1.41 bits per heavy atom. The van der Waals surface area contributed by atoms with E-state index < -0.39 is 32.5 Å². The van der Waals surface area contributed by atoms with Crippen LogP contribution in [0.4, 0.5) is 0 Å². The molecule has 9 heteroatoms. The molecule has 0 aromatic rings. The first-order valence-corrected chi connectivity index (χ1v) is 21.0. The number of allylic oxidation sites excluding steroid dienone is 8. The van der Waals surface area contributed by atoms with E-state index in [1.807, 2.05) is 0 Å². The second-order valence-corrected chi connectivity index (χ2v) is 14.1. The van der Waals surface area contributed by atoms with Crippen LogP contribution < -0.4 is 0 Å². The lowest BCUT2D eigenvalue weighted by atomic mass is 10.0. The van der Waals surface area contributed by atoms with Crippen molar-refractivity contribution in [3.63, 3.8) is 0 Å². The summed E-state index contributed by atoms with van der Waals surface area (Å²) < 4.78 is 26.3. The molecule has 0 aromatic carbocycles. The van der Waals surface area contributed by atoms with Gasteiger partial charge in [-0.05, 0) is 57.8 Å². The molecular weight excluding hydrogens is 639 g/mol. The van der Waals surface area contributed by atoms with Crippen LogP contribution in [0.1, 0.15) is 174 Å². The Kier molecular flexibility index (Phi) is 34.4. The molecule has 0 fully saturated rings. The standard InChI is InChI=1S/C40H71O8P/c1-3-5-7-9-11-13-15-17-18-19-20-21-22-23-25-26-28-30-32-34-39(41)46-36-38(37-47-49(43,44)45)48-40(42)35-33-31-29-27-24-16-14-12-10-8-6-4-2/h11,13,17-18,20-21,23,25,38H,3-10,12,14-16,19,22,24,26-37H2,1-2H3,(H2,43,44,45)/b13-11-,18-17-,21-20-,25-23-/t38-/m1/s1. The number of hydrogen-bond donors (Lipinski definition) is 2. The Balaban J connectivity index is 4.02. The molecular formula is C40H71O8P. The van der Waals surface area contributed by atoms with Crippen molar-refractivity contribution in [2.24, 2.45) is 0 Å². The van der Waals surface area contributed by atoms with Gasteiger partial charge in [0.1, 0.15) is 6.61 Å². The zero-order valence-corrected chi connectivity index (χ0v) is 32.0. The summed E-state index contributed by atoms with van der Waals surface area (Å²) in [6.07, 6.45) is 42.6. The molecule has 0 spiro atoms. The van der Waals surface area contributed by atoms with Crippen molar-refractivity contribution in [3.8, 4) is 0 Å². The van der Waals surface area contributed by atoms with Gasteiger partial charge < -0.3 is 19.3 Å². The van der Waals surface area contributed by atoms with Gasteiger partial charge >= 0.3 is 19.8 Å². The predicted octanol–water partition coefficient (Wildman–Crippen LogP) is 11.6. The molecule has 8 nitrogen and oxygen atoms in total. The van der Waals surface area contributed by atoms with Gasteiger partial charge in [-0.15, -0.1) is 0 Å². The fourth-order valence-corrected chi connectivity index (χ4v) is 5.54. The van der Waals surface area contributed by atoms with Gasteiger partial charge in [-0.1, -0.05) is 152 Å². The number of carbonyl (C=O) groups is 2. The Morgan fingerprint density at radius 2 is 0.918 bits per heavy atom. The summed E-state index contributed by atoms with van der Waals surface area (Å²) in [6.45, 7) is 3.61. The smallest absolute Gasteiger partial charge is 0.462 e. The molecule has 1 atom stereocenters. The first-order chi connectivity index (χ1) is 23.8. The topological polar surface area (TPSA) is 119 Å². The first kappa shape index (κ1) is 47.0. The number of carbonyl (C=O) groups excluding carboxylic acids is 2. The minimum absolute atomic E-state index is 0.206. The molecule has 0 heterocycles. The van der Waals surface area contributed by atoms with Crippen molar-refractivity contribution < 1.29 is 37.9 Å². The van der Waals surface area contributed by atoms with E-state index in [0.717, 1.165) is 57.8 Å². The van der Waals surface area contributed by atoms with Crippen molar-refractivity contribution in [2.75, 3.05) is 13.2 Å². The highest BCUT2D eigenvalue weighted by atomic mass is 31.2. The van der Waals surface area contributed by atoms with Gasteiger partial charge in [0.25, 0.3) is 0 Å². The van der Waals surface area contributed by atoms with Crippen molar-refractivity contribution in [1.82, 2.24) is 0 Å². The van der Waals surface area contributed by atoms with Crippen molar-refractivity contribution in [3.05, 3.63) is 48.6 Å². The average molecular weight is 711 g/mol. The molecule has 284 valence electrons. The first-order valence-electron chi connectivity index (χ1n) is 19.4. The molecule has 0 aliphatic carbocycles. The third-order valence-corrected chi connectivity index (χ3v) is 8.59. The van der Waals surface area contributed by atoms with Gasteiger partial charge in [-0.2, -0.15) is 0 Å². The third kappa shape index (κ3) is 38.7. The lowest BCUT2D eigenvalue weighted by Gasteiger charge is -2.18. The second-order valence-electron chi connectivity index (χ2n) is 12.9. The Labute approximate surface area is 299 Å². The van der Waals surface area contributed by atoms with Gasteiger partial charge in [0, 0.05) is 12.8 Å². The fourth-order valence-electron chi connectivity index (χ4n) is 5.18. The molecule has 0 unspecified atom stereocenters. The fraction of sp³-hybridized carbons (Fsp3) is 0.750. The minimum Gasteiger partial charge on any atom is -0.462 e. The van der Waals surface area contributed by atoms with Crippen LogP contribution in [-0.2, 0) is 28.2 Å². The molecule has 0 aromatic heterocycles. The second kappa shape index (κ2) is 35.8. The van der Waals surface area contributed by atoms with E-state index in [9.17, 15) is 14.2 Å². The van der Waals surface area contributed by atoms with E-state index >= 15 is 0 Å². The average Bonchev–Trinajstić information content (AvgIpc) is 3.07. The Bertz CT molecular complexity index is 937. The van der Waals surface area contributed by atoms with Crippen LogP contribution in [0.3, 0.4) is 0 Å². The maximum Gasteiger partial charge on any atom is 0.469 e. The van der Waals surface area contributed by atoms with Crippen LogP contribution in [0, 0.1) is 0 Å². The summed E-state index contributed by atoms with van der Waals surface area (Å²) in [5.41, 5.74) is 0. The maximum atomic E-state index is 12.3. The highest BCUT2D eigenvalue weighted by Crippen LogP contribution is 2.36. The van der Waals surface area contributed by atoms with E-state index in [1.165, 1.54) is 77.0 Å². The highest BCUT2D eigenvalue weighted by Gasteiger charge is 2.22. The summed E-state index contributed by atoms with van der Waals surface area (Å²) >= 11 is 0. The van der Waals surface area contributed by atoms with Crippen LogP contribution >= 0.6 is 7.82 Å². The number of esters is 2. The maximum absolute atomic E-state index is 12.3. The number of unbranched alkanes of at least 4 members (excludes halogenated alkanes) is 17. The summed E-state index contributed by atoms with van der Waals surface area (Å²) in [5.74, 6) is -0.921. The number of phosphoric ester groups is 1. The van der Waals surface area contributed by atoms with Crippen LogP contribution in [0.15, 0.2) is 48.6 Å². The Morgan fingerprint density at radius 1 is 0.531 bits per heavy atom. The SMILES string of the molecule is CCCCC/C=C\C/C=C\C/C=C\C/C=C\CCCCCC(=O)OC[C@H](COP(=O)(O)O)OC(=O)CCCCCCCCCCCCCC. The minimum atomic E-state index is -4.76. The van der Waals surface area contributed by atoms with Gasteiger partial charge in [0.05, 0.1) is 6.61 Å². The van der Waals surface area contributed by atoms with Crippen LogP contribution in [0.5, 0.6) is 0 Å². The summed E-state index contributed by atoms with van der Waals surface area (Å²) in [7, 11) is -4.76. The van der Waals surface area contributed by atoms with Gasteiger partial charge in [-0.25, -0.2) is 4.57 Å². The zero-order valence-electron chi connectivity index (χ0n) is 31.1. The summed E-state index contributed by atoms with van der Waals surface area (Å²) in [6, 6.07) is 0. The number of hydrogen-bond acceptors (Lipinski definition) is 6. The van der Waals surface area contributed by atoms with Crippen LogP contribution in [-0.4, -0.2) is 41.0 Å². The van der Waals surface area contributed by atoms with Gasteiger partial charge in [0.15, 0.2) is 6.10 Å². The zero-order chi connectivity index (χ0) is 36.1. The number of phosphoric acid groups is 1. The normalized spacial score (nSPS) is 13.0. The molecule has 0 saturated carbocycles. The lowest BCUT2D eigenvalue weighted by molar-refractivity contribution is -0.161. The largest absolute Gasteiger partial charge is 0.469 e. The molecule has 0 bridgehead atoms. The third-order valence-electron chi connectivity index (χ3n) is 8.10. The molecule has 49 heavy (non-hydrogen) atoms. The molecule has 0 aliphatic rings. The number of ether oxygens (including phenoxy) is 2. The summed E-state index contributed by atoms with van der Waals surface area (Å²) in [5, 5.41) is 0. The van der Waals surface area contributed by atoms with E-state index in [1.54, 1.807) is 0 Å².